The van der Waals surface area contributed by atoms with Gasteiger partial charge < -0.3 is 21.1 Å². The number of carbonyl (C=O) groups excluding carboxylic acids is 2. The van der Waals surface area contributed by atoms with Crippen molar-refractivity contribution in [3.8, 4) is 0 Å². The molecule has 1 aliphatic rings. The molecule has 0 aromatic heterocycles. The van der Waals surface area contributed by atoms with E-state index in [2.05, 4.69) is 10.6 Å². The average molecular weight is 291 g/mol. The molecule has 2 amide bonds. The van der Waals surface area contributed by atoms with Crippen LogP contribution in [0.4, 0.5) is 5.69 Å². The molecule has 1 atom stereocenters. The van der Waals surface area contributed by atoms with Gasteiger partial charge in [0.05, 0.1) is 17.3 Å². The Morgan fingerprint density at radius 1 is 1.38 bits per heavy atom. The zero-order valence-electron chi connectivity index (χ0n) is 12.1. The van der Waals surface area contributed by atoms with E-state index in [4.69, 9.17) is 10.5 Å². The minimum absolute atomic E-state index is 0.168. The summed E-state index contributed by atoms with van der Waals surface area (Å²) in [5.41, 5.74) is 6.71. The van der Waals surface area contributed by atoms with Crippen LogP contribution < -0.4 is 16.4 Å². The zero-order chi connectivity index (χ0) is 15.2. The predicted octanol–water partition coefficient (Wildman–Crippen LogP) is 0.881. The van der Waals surface area contributed by atoms with Gasteiger partial charge in [0.25, 0.3) is 5.91 Å². The molecule has 1 saturated carbocycles. The molecular formula is C15H21N3O3. The van der Waals surface area contributed by atoms with Crippen molar-refractivity contribution < 1.29 is 14.3 Å². The molecule has 6 nitrogen and oxygen atoms in total. The van der Waals surface area contributed by atoms with Gasteiger partial charge in [0.15, 0.2) is 0 Å². The number of hydrogen-bond donors (Lipinski definition) is 3. The smallest absolute Gasteiger partial charge is 0.253 e. The molecule has 6 heteroatoms. The van der Waals surface area contributed by atoms with Crippen LogP contribution >= 0.6 is 0 Å². The lowest BCUT2D eigenvalue weighted by atomic mass is 10.1. The molecule has 0 aliphatic heterocycles. The van der Waals surface area contributed by atoms with Crippen LogP contribution in [0.25, 0.3) is 0 Å². The van der Waals surface area contributed by atoms with E-state index in [1.54, 1.807) is 31.4 Å². The highest BCUT2D eigenvalue weighted by atomic mass is 16.5. The maximum atomic E-state index is 12.1. The van der Waals surface area contributed by atoms with Gasteiger partial charge in [-0.05, 0) is 31.4 Å². The molecule has 2 rings (SSSR count). The molecule has 1 aromatic rings. The number of anilines is 1. The summed E-state index contributed by atoms with van der Waals surface area (Å²) < 4.78 is 4.90. The van der Waals surface area contributed by atoms with Crippen molar-refractivity contribution in [1.29, 1.82) is 0 Å². The molecule has 4 N–H and O–H groups in total. The second-order valence-corrected chi connectivity index (χ2v) is 5.17. The van der Waals surface area contributed by atoms with Gasteiger partial charge in [0.2, 0.25) is 5.91 Å². The third kappa shape index (κ3) is 4.54. The van der Waals surface area contributed by atoms with Gasteiger partial charge in [-0.25, -0.2) is 0 Å². The van der Waals surface area contributed by atoms with Crippen molar-refractivity contribution in [3.05, 3.63) is 29.8 Å². The highest BCUT2D eigenvalue weighted by molar-refractivity contribution is 6.04. The molecule has 1 unspecified atom stereocenters. The van der Waals surface area contributed by atoms with Crippen LogP contribution in [0.15, 0.2) is 24.3 Å². The first-order valence-electron chi connectivity index (χ1n) is 7.07. The molecule has 0 heterocycles. The zero-order valence-corrected chi connectivity index (χ0v) is 12.1. The Kier molecular flexibility index (Phi) is 5.30. The van der Waals surface area contributed by atoms with E-state index in [9.17, 15) is 9.59 Å². The monoisotopic (exact) mass is 291 g/mol. The molecule has 0 saturated heterocycles. The topological polar surface area (TPSA) is 93.4 Å². The first-order valence-corrected chi connectivity index (χ1v) is 7.07. The van der Waals surface area contributed by atoms with E-state index in [1.165, 1.54) is 0 Å². The summed E-state index contributed by atoms with van der Waals surface area (Å²) in [6.45, 7) is 0.415. The lowest BCUT2D eigenvalue weighted by Crippen LogP contribution is -2.37. The Labute approximate surface area is 124 Å². The molecule has 1 fully saturated rings. The number of hydrogen-bond acceptors (Lipinski definition) is 4. The van der Waals surface area contributed by atoms with Gasteiger partial charge in [-0.15, -0.1) is 0 Å². The van der Waals surface area contributed by atoms with E-state index in [0.29, 0.717) is 24.3 Å². The van der Waals surface area contributed by atoms with Gasteiger partial charge in [0.1, 0.15) is 0 Å². The maximum absolute atomic E-state index is 12.1. The van der Waals surface area contributed by atoms with Gasteiger partial charge in [-0.1, -0.05) is 12.1 Å². The van der Waals surface area contributed by atoms with Crippen LogP contribution in [0.5, 0.6) is 0 Å². The van der Waals surface area contributed by atoms with Crippen LogP contribution in [0.1, 0.15) is 29.6 Å². The van der Waals surface area contributed by atoms with Crippen LogP contribution in [0, 0.1) is 0 Å². The summed E-state index contributed by atoms with van der Waals surface area (Å²) in [5.74, 6) is -0.488. The number of rotatable bonds is 7. The minimum Gasteiger partial charge on any atom is -0.385 e. The summed E-state index contributed by atoms with van der Waals surface area (Å²) in [6.07, 6.45) is 2.46. The number of para-hydroxylation sites is 1. The molecule has 1 aliphatic carbocycles. The SMILES string of the molecule is COCCC(N)C(=O)Nc1ccccc1C(=O)NC1CC1. The number of nitrogens with one attached hydrogen (secondary N) is 2. The van der Waals surface area contributed by atoms with Crippen molar-refractivity contribution in [2.45, 2.75) is 31.3 Å². The summed E-state index contributed by atoms with van der Waals surface area (Å²) >= 11 is 0. The Hall–Kier alpha value is -1.92. The Bertz CT molecular complexity index is 515. The highest BCUT2D eigenvalue weighted by Crippen LogP contribution is 2.21. The summed E-state index contributed by atoms with van der Waals surface area (Å²) in [7, 11) is 1.56. The fourth-order valence-electron chi connectivity index (χ4n) is 1.88. The van der Waals surface area contributed by atoms with Gasteiger partial charge in [-0.2, -0.15) is 0 Å². The Morgan fingerprint density at radius 3 is 2.76 bits per heavy atom. The van der Waals surface area contributed by atoms with Gasteiger partial charge in [-0.3, -0.25) is 9.59 Å². The van der Waals surface area contributed by atoms with Crippen molar-refractivity contribution in [2.75, 3.05) is 19.0 Å². The van der Waals surface area contributed by atoms with E-state index in [-0.39, 0.29) is 17.9 Å². The normalized spacial score (nSPS) is 15.3. The van der Waals surface area contributed by atoms with Crippen LogP contribution in [-0.4, -0.2) is 37.6 Å². The van der Waals surface area contributed by atoms with E-state index in [1.807, 2.05) is 0 Å². The Balaban J connectivity index is 2.01. The van der Waals surface area contributed by atoms with E-state index >= 15 is 0 Å². The molecule has 114 valence electrons. The summed E-state index contributed by atoms with van der Waals surface area (Å²) in [5, 5.41) is 5.62. The second-order valence-electron chi connectivity index (χ2n) is 5.17. The van der Waals surface area contributed by atoms with E-state index < -0.39 is 6.04 Å². The van der Waals surface area contributed by atoms with Crippen LogP contribution in [0.2, 0.25) is 0 Å². The van der Waals surface area contributed by atoms with Crippen molar-refractivity contribution in [3.63, 3.8) is 0 Å². The number of amides is 2. The number of benzene rings is 1. The quantitative estimate of drug-likeness (QED) is 0.695. The molecule has 0 bridgehead atoms. The van der Waals surface area contributed by atoms with Gasteiger partial charge >= 0.3 is 0 Å². The maximum Gasteiger partial charge on any atom is 0.253 e. The molecule has 0 radical (unpaired) electrons. The van der Waals surface area contributed by atoms with Crippen molar-refractivity contribution in [1.82, 2.24) is 5.32 Å². The summed E-state index contributed by atoms with van der Waals surface area (Å²) in [6, 6.07) is 6.53. The van der Waals surface area contributed by atoms with Gasteiger partial charge in [0, 0.05) is 19.8 Å². The number of ether oxygens (including phenoxy) is 1. The van der Waals surface area contributed by atoms with Crippen molar-refractivity contribution in [2.24, 2.45) is 5.73 Å². The third-order valence-corrected chi connectivity index (χ3v) is 3.31. The number of nitrogens with two attached hydrogens (primary N) is 1. The molecule has 0 spiro atoms. The van der Waals surface area contributed by atoms with Crippen LogP contribution in [0.3, 0.4) is 0 Å². The average Bonchev–Trinajstić information content (AvgIpc) is 3.29. The highest BCUT2D eigenvalue weighted by Gasteiger charge is 2.25. The number of carbonyl (C=O) groups is 2. The standard InChI is InChI=1S/C15H21N3O3/c1-21-9-8-12(16)15(20)18-13-5-3-2-4-11(13)14(19)17-10-6-7-10/h2-5,10,12H,6-9,16H2,1H3,(H,17,19)(H,18,20). The Morgan fingerprint density at radius 2 is 2.10 bits per heavy atom. The largest absolute Gasteiger partial charge is 0.385 e. The molecule has 1 aromatic carbocycles. The van der Waals surface area contributed by atoms with Crippen molar-refractivity contribution >= 4 is 17.5 Å². The minimum atomic E-state index is -0.663. The first-order chi connectivity index (χ1) is 10.1. The predicted molar refractivity (Wildman–Crippen MR) is 80.0 cm³/mol. The first kappa shape index (κ1) is 15.5. The fraction of sp³-hybridized carbons (Fsp3) is 0.467. The fourth-order valence-corrected chi connectivity index (χ4v) is 1.88. The summed E-state index contributed by atoms with van der Waals surface area (Å²) in [4.78, 5) is 24.1. The van der Waals surface area contributed by atoms with E-state index in [0.717, 1.165) is 12.8 Å². The lowest BCUT2D eigenvalue weighted by molar-refractivity contribution is -0.117. The number of methoxy groups -OCH3 is 1. The molecule has 21 heavy (non-hydrogen) atoms. The molecular weight excluding hydrogens is 270 g/mol. The van der Waals surface area contributed by atoms with Crippen LogP contribution in [-0.2, 0) is 9.53 Å². The lowest BCUT2D eigenvalue weighted by Gasteiger charge is -2.14. The second kappa shape index (κ2) is 7.19. The third-order valence-electron chi connectivity index (χ3n) is 3.31.